The Bertz CT molecular complexity index is 1290. The summed E-state index contributed by atoms with van der Waals surface area (Å²) in [5.74, 6) is 1.94. The number of imidazole rings is 1. The van der Waals surface area contributed by atoms with Gasteiger partial charge in [0, 0.05) is 70.4 Å². The molecule has 2 saturated heterocycles. The van der Waals surface area contributed by atoms with Crippen molar-refractivity contribution in [2.45, 2.75) is 0 Å². The Kier molecular flexibility index (Phi) is 5.57. The average molecular weight is 472 g/mol. The first kappa shape index (κ1) is 21.6. The van der Waals surface area contributed by atoms with Crippen LogP contribution >= 0.6 is 0 Å². The van der Waals surface area contributed by atoms with Crippen molar-refractivity contribution in [3.8, 4) is 11.4 Å². The van der Waals surface area contributed by atoms with Gasteiger partial charge < -0.3 is 24.7 Å². The number of phenolic OH excluding ortho intramolecular Hbond substituents is 1. The highest BCUT2D eigenvalue weighted by atomic mass is 16.3. The van der Waals surface area contributed by atoms with Gasteiger partial charge in [0.1, 0.15) is 12.1 Å². The summed E-state index contributed by atoms with van der Waals surface area (Å²) >= 11 is 0. The quantitative estimate of drug-likeness (QED) is 0.480. The van der Waals surface area contributed by atoms with E-state index in [1.807, 2.05) is 35.2 Å². The maximum absolute atomic E-state index is 9.61. The van der Waals surface area contributed by atoms with Gasteiger partial charge in [-0.05, 0) is 43.4 Å². The molecule has 0 amide bonds. The molecule has 0 unspecified atom stereocenters. The van der Waals surface area contributed by atoms with Gasteiger partial charge in [0.15, 0.2) is 17.0 Å². The lowest BCUT2D eigenvalue weighted by molar-refractivity contribution is 0.312. The van der Waals surface area contributed by atoms with Gasteiger partial charge in [0.2, 0.25) is 5.95 Å². The van der Waals surface area contributed by atoms with Crippen molar-refractivity contribution in [2.75, 3.05) is 74.1 Å². The molecule has 3 aromatic heterocycles. The molecular weight excluding hydrogens is 442 g/mol. The molecule has 5 heterocycles. The summed E-state index contributed by atoms with van der Waals surface area (Å²) in [7, 11) is 2.16. The second-order valence-electron chi connectivity index (χ2n) is 9.12. The molecule has 2 aliphatic rings. The topological polar surface area (TPSA) is 89.7 Å². The Morgan fingerprint density at radius 2 is 1.37 bits per heavy atom. The summed E-state index contributed by atoms with van der Waals surface area (Å²) in [6, 6.07) is 11.3. The van der Waals surface area contributed by atoms with Crippen LogP contribution in [0.25, 0.3) is 16.9 Å². The first-order chi connectivity index (χ1) is 17.2. The van der Waals surface area contributed by atoms with Crippen molar-refractivity contribution in [1.29, 1.82) is 0 Å². The van der Waals surface area contributed by atoms with Crippen LogP contribution in [0.15, 0.2) is 55.1 Å². The number of piperazine rings is 2. The van der Waals surface area contributed by atoms with Crippen LogP contribution in [0.3, 0.4) is 0 Å². The molecule has 35 heavy (non-hydrogen) atoms. The molecule has 1 aromatic carbocycles. The normalized spacial score (nSPS) is 17.3. The number of hydrogen-bond acceptors (Lipinski definition) is 9. The lowest BCUT2D eigenvalue weighted by atomic mass is 10.2. The first-order valence-electron chi connectivity index (χ1n) is 12.0. The van der Waals surface area contributed by atoms with E-state index < -0.39 is 0 Å². The van der Waals surface area contributed by atoms with Crippen LogP contribution in [0.2, 0.25) is 0 Å². The van der Waals surface area contributed by atoms with E-state index in [0.29, 0.717) is 0 Å². The summed E-state index contributed by atoms with van der Waals surface area (Å²) in [6.07, 6.45) is 5.40. The van der Waals surface area contributed by atoms with Crippen LogP contribution in [0.1, 0.15) is 0 Å². The second-order valence-corrected chi connectivity index (χ2v) is 9.12. The van der Waals surface area contributed by atoms with E-state index in [4.69, 9.17) is 15.0 Å². The Hall–Kier alpha value is -3.92. The lowest BCUT2D eigenvalue weighted by Gasteiger charge is -2.37. The van der Waals surface area contributed by atoms with E-state index in [0.717, 1.165) is 86.7 Å². The van der Waals surface area contributed by atoms with Crippen molar-refractivity contribution in [1.82, 2.24) is 29.4 Å². The molecule has 2 aliphatic heterocycles. The fourth-order valence-electron chi connectivity index (χ4n) is 4.78. The molecular formula is C25H29N9O. The minimum Gasteiger partial charge on any atom is -0.508 e. The highest BCUT2D eigenvalue weighted by Gasteiger charge is 2.26. The molecule has 0 bridgehead atoms. The van der Waals surface area contributed by atoms with Gasteiger partial charge >= 0.3 is 0 Å². The van der Waals surface area contributed by atoms with E-state index in [1.54, 1.807) is 24.5 Å². The van der Waals surface area contributed by atoms with Crippen molar-refractivity contribution in [3.63, 3.8) is 0 Å². The van der Waals surface area contributed by atoms with Crippen LogP contribution in [-0.4, -0.2) is 93.9 Å². The van der Waals surface area contributed by atoms with Gasteiger partial charge in [-0.1, -0.05) is 0 Å². The van der Waals surface area contributed by atoms with Crippen LogP contribution in [0, 0.1) is 0 Å². The molecule has 0 atom stereocenters. The highest BCUT2D eigenvalue weighted by Crippen LogP contribution is 2.29. The zero-order chi connectivity index (χ0) is 23.8. The number of likely N-dealkylation sites (N-methyl/N-ethyl adjacent to an activating group) is 1. The molecule has 1 N–H and O–H groups in total. The predicted molar refractivity (Wildman–Crippen MR) is 137 cm³/mol. The third kappa shape index (κ3) is 4.21. The second kappa shape index (κ2) is 9.03. The van der Waals surface area contributed by atoms with Crippen molar-refractivity contribution in [3.05, 3.63) is 55.1 Å². The number of aromatic nitrogens is 5. The van der Waals surface area contributed by atoms with E-state index in [1.165, 1.54) is 0 Å². The van der Waals surface area contributed by atoms with Crippen LogP contribution in [-0.2, 0) is 0 Å². The number of aromatic hydroxyl groups is 1. The SMILES string of the molecule is CN1CCN(c2nc(N3CCN(c4ccc(O)cc4)CC3)nc3c2ncn3-c2ccncc2)CC1. The van der Waals surface area contributed by atoms with Crippen LogP contribution in [0.4, 0.5) is 17.5 Å². The summed E-state index contributed by atoms with van der Waals surface area (Å²) < 4.78 is 2.02. The van der Waals surface area contributed by atoms with Crippen LogP contribution < -0.4 is 14.7 Å². The maximum Gasteiger partial charge on any atom is 0.229 e. The molecule has 4 aromatic rings. The minimum absolute atomic E-state index is 0.288. The Morgan fingerprint density at radius 1 is 0.714 bits per heavy atom. The number of anilines is 3. The van der Waals surface area contributed by atoms with E-state index in [-0.39, 0.29) is 5.75 Å². The van der Waals surface area contributed by atoms with Gasteiger partial charge in [0.25, 0.3) is 0 Å². The van der Waals surface area contributed by atoms with Crippen molar-refractivity contribution >= 4 is 28.6 Å². The van der Waals surface area contributed by atoms with Crippen LogP contribution in [0.5, 0.6) is 5.75 Å². The number of benzene rings is 1. The maximum atomic E-state index is 9.61. The molecule has 0 saturated carbocycles. The lowest BCUT2D eigenvalue weighted by Crippen LogP contribution is -2.47. The Labute approximate surface area is 204 Å². The fraction of sp³-hybridized carbons (Fsp3) is 0.360. The van der Waals surface area contributed by atoms with Gasteiger partial charge in [-0.3, -0.25) is 9.55 Å². The van der Waals surface area contributed by atoms with Gasteiger partial charge in [-0.2, -0.15) is 9.97 Å². The molecule has 0 radical (unpaired) electrons. The van der Waals surface area contributed by atoms with E-state index in [2.05, 4.69) is 31.6 Å². The molecule has 180 valence electrons. The predicted octanol–water partition coefficient (Wildman–Crippen LogP) is 1.99. The summed E-state index contributed by atoms with van der Waals surface area (Å²) in [4.78, 5) is 28.3. The standard InChI is InChI=1S/C25H29N9O/c1-30-10-12-32(13-11-30)23-22-24(34(18-27-22)20-6-8-26-9-7-20)29-25(28-23)33-16-14-31(15-17-33)19-2-4-21(35)5-3-19/h2-9,18,35H,10-17H2,1H3. The minimum atomic E-state index is 0.288. The molecule has 10 heteroatoms. The summed E-state index contributed by atoms with van der Waals surface area (Å²) in [6.45, 7) is 7.18. The monoisotopic (exact) mass is 471 g/mol. The average Bonchev–Trinajstić information content (AvgIpc) is 3.34. The smallest absolute Gasteiger partial charge is 0.229 e. The molecule has 10 nitrogen and oxygen atoms in total. The van der Waals surface area contributed by atoms with Gasteiger partial charge in [-0.15, -0.1) is 0 Å². The largest absolute Gasteiger partial charge is 0.508 e. The third-order valence-electron chi connectivity index (χ3n) is 6.89. The number of nitrogens with zero attached hydrogens (tertiary/aromatic N) is 9. The first-order valence-corrected chi connectivity index (χ1v) is 12.0. The molecule has 2 fully saturated rings. The molecule has 6 rings (SSSR count). The number of pyridine rings is 1. The number of fused-ring (bicyclic) bond motifs is 1. The van der Waals surface area contributed by atoms with Gasteiger partial charge in [-0.25, -0.2) is 4.98 Å². The number of rotatable bonds is 4. The molecule has 0 aliphatic carbocycles. The van der Waals surface area contributed by atoms with E-state index >= 15 is 0 Å². The zero-order valence-corrected chi connectivity index (χ0v) is 19.8. The summed E-state index contributed by atoms with van der Waals surface area (Å²) in [5.41, 5.74) is 3.75. The Balaban J connectivity index is 1.34. The zero-order valence-electron chi connectivity index (χ0n) is 19.8. The van der Waals surface area contributed by atoms with Crippen molar-refractivity contribution in [2.24, 2.45) is 0 Å². The van der Waals surface area contributed by atoms with Gasteiger partial charge in [0.05, 0.1) is 5.69 Å². The number of hydrogen-bond donors (Lipinski definition) is 1. The number of phenols is 1. The van der Waals surface area contributed by atoms with Crippen molar-refractivity contribution < 1.29 is 5.11 Å². The Morgan fingerprint density at radius 3 is 2.09 bits per heavy atom. The third-order valence-corrected chi connectivity index (χ3v) is 6.89. The molecule has 0 spiro atoms. The summed E-state index contributed by atoms with van der Waals surface area (Å²) in [5, 5.41) is 9.61. The van der Waals surface area contributed by atoms with E-state index in [9.17, 15) is 5.11 Å². The fourth-order valence-corrected chi connectivity index (χ4v) is 4.78. The highest BCUT2D eigenvalue weighted by molar-refractivity contribution is 5.86.